The van der Waals surface area contributed by atoms with Crippen LogP contribution in [0.1, 0.15) is 59.1 Å². The van der Waals surface area contributed by atoms with Crippen molar-refractivity contribution in [3.8, 4) is 0 Å². The van der Waals surface area contributed by atoms with Gasteiger partial charge in [-0.25, -0.2) is 0 Å². The highest BCUT2D eigenvalue weighted by atomic mass is 16.3. The molecule has 1 aromatic rings. The van der Waals surface area contributed by atoms with Gasteiger partial charge in [0.1, 0.15) is 0 Å². The van der Waals surface area contributed by atoms with Crippen LogP contribution >= 0.6 is 0 Å². The third kappa shape index (κ3) is 9.09. The zero-order valence-electron chi connectivity index (χ0n) is 15.9. The lowest BCUT2D eigenvalue weighted by molar-refractivity contribution is 0.155. The fourth-order valence-electron chi connectivity index (χ4n) is 2.44. The van der Waals surface area contributed by atoms with Crippen molar-refractivity contribution in [3.05, 3.63) is 35.4 Å². The molecule has 0 heterocycles. The molecule has 1 rings (SSSR count). The van der Waals surface area contributed by atoms with Crippen molar-refractivity contribution in [2.24, 2.45) is 5.41 Å². The maximum absolute atomic E-state index is 10.1. The molecule has 23 heavy (non-hydrogen) atoms. The van der Waals surface area contributed by atoms with Crippen LogP contribution in [0.15, 0.2) is 24.3 Å². The van der Waals surface area contributed by atoms with E-state index >= 15 is 0 Å². The molecule has 0 aliphatic carbocycles. The first-order chi connectivity index (χ1) is 10.6. The summed E-state index contributed by atoms with van der Waals surface area (Å²) in [6, 6.07) is 8.73. The quantitative estimate of drug-likeness (QED) is 0.652. The van der Waals surface area contributed by atoms with Gasteiger partial charge in [0.25, 0.3) is 0 Å². The van der Waals surface area contributed by atoms with E-state index in [4.69, 9.17) is 0 Å². The molecule has 0 fully saturated rings. The molecule has 3 N–H and O–H groups in total. The fraction of sp³-hybridized carbons (Fsp3) is 0.700. The van der Waals surface area contributed by atoms with Gasteiger partial charge in [0.15, 0.2) is 0 Å². The van der Waals surface area contributed by atoms with Crippen LogP contribution in [-0.4, -0.2) is 29.8 Å². The molecular weight excluding hydrogens is 284 g/mol. The number of hydrogen-bond acceptors (Lipinski definition) is 3. The highest BCUT2D eigenvalue weighted by molar-refractivity contribution is 5.24. The molecule has 0 radical (unpaired) electrons. The van der Waals surface area contributed by atoms with Crippen molar-refractivity contribution < 1.29 is 5.11 Å². The van der Waals surface area contributed by atoms with Gasteiger partial charge in [-0.05, 0) is 43.2 Å². The van der Waals surface area contributed by atoms with Gasteiger partial charge in [0.05, 0.1) is 6.10 Å². The molecule has 0 aliphatic heterocycles. The van der Waals surface area contributed by atoms with Crippen LogP contribution in [0, 0.1) is 5.41 Å². The maximum atomic E-state index is 10.1. The number of aliphatic hydroxyl groups excluding tert-OH is 1. The monoisotopic (exact) mass is 320 g/mol. The van der Waals surface area contributed by atoms with E-state index in [1.54, 1.807) is 0 Å². The molecule has 3 heteroatoms. The van der Waals surface area contributed by atoms with Crippen LogP contribution in [0.5, 0.6) is 0 Å². The molecule has 3 nitrogen and oxygen atoms in total. The van der Waals surface area contributed by atoms with Gasteiger partial charge in [-0.2, -0.15) is 0 Å². The highest BCUT2D eigenvalue weighted by Crippen LogP contribution is 2.21. The lowest BCUT2D eigenvalue weighted by Crippen LogP contribution is -2.45. The average molecular weight is 321 g/mol. The van der Waals surface area contributed by atoms with Crippen LogP contribution in [0.3, 0.4) is 0 Å². The Morgan fingerprint density at radius 1 is 1.04 bits per heavy atom. The van der Waals surface area contributed by atoms with E-state index in [2.05, 4.69) is 76.4 Å². The predicted molar refractivity (Wildman–Crippen MR) is 99.7 cm³/mol. The van der Waals surface area contributed by atoms with Gasteiger partial charge in [0.2, 0.25) is 0 Å². The summed E-state index contributed by atoms with van der Waals surface area (Å²) in [6.45, 7) is 15.3. The minimum Gasteiger partial charge on any atom is -0.390 e. The first-order valence-electron chi connectivity index (χ1n) is 8.83. The second-order valence-corrected chi connectivity index (χ2v) is 8.46. The third-order valence-electron chi connectivity index (χ3n) is 4.14. The van der Waals surface area contributed by atoms with Gasteiger partial charge in [-0.1, -0.05) is 52.0 Å². The summed E-state index contributed by atoms with van der Waals surface area (Å²) in [5.41, 5.74) is 3.05. The average Bonchev–Trinajstić information content (AvgIpc) is 2.44. The van der Waals surface area contributed by atoms with Crippen molar-refractivity contribution in [3.63, 3.8) is 0 Å². The highest BCUT2D eigenvalue weighted by Gasteiger charge is 2.15. The van der Waals surface area contributed by atoms with Crippen LogP contribution in [0.2, 0.25) is 0 Å². The second-order valence-electron chi connectivity index (χ2n) is 8.46. The molecule has 0 aliphatic rings. The lowest BCUT2D eigenvalue weighted by Gasteiger charge is -2.26. The van der Waals surface area contributed by atoms with E-state index in [-0.39, 0.29) is 11.6 Å². The van der Waals surface area contributed by atoms with Crippen molar-refractivity contribution in [2.45, 2.75) is 72.6 Å². The predicted octanol–water partition coefficient (Wildman–Crippen LogP) is 3.50. The number of β-amino-alcohol motifs (C(OH)–C–C–N with tert-alkyl or cyclic N) is 1. The molecule has 1 unspecified atom stereocenters. The van der Waals surface area contributed by atoms with E-state index in [9.17, 15) is 5.11 Å². The molecule has 132 valence electrons. The Kier molecular flexibility index (Phi) is 7.72. The molecule has 0 bridgehead atoms. The van der Waals surface area contributed by atoms with Crippen LogP contribution in [-0.2, 0) is 13.0 Å². The Labute approximate surface area is 142 Å². The number of aliphatic hydroxyl groups is 1. The largest absolute Gasteiger partial charge is 0.390 e. The Bertz CT molecular complexity index is 463. The topological polar surface area (TPSA) is 44.3 Å². The first-order valence-corrected chi connectivity index (χ1v) is 8.83. The normalized spacial score (nSPS) is 14.0. The van der Waals surface area contributed by atoms with E-state index < -0.39 is 0 Å². The summed E-state index contributed by atoms with van der Waals surface area (Å²) < 4.78 is 0. The molecule has 0 saturated carbocycles. The molecule has 0 saturated heterocycles. The summed E-state index contributed by atoms with van der Waals surface area (Å²) in [6.07, 6.45) is 1.77. The standard InChI is InChI=1S/C20H36N2O/c1-7-20(5,6)22-15-18(23)14-21-13-17-10-8-9-16(11-17)12-19(2,3)4/h8-11,18,21-23H,7,12-15H2,1-6H3. The van der Waals surface area contributed by atoms with Crippen molar-refractivity contribution >= 4 is 0 Å². The van der Waals surface area contributed by atoms with E-state index in [1.165, 1.54) is 11.1 Å². The Morgan fingerprint density at radius 3 is 2.30 bits per heavy atom. The number of rotatable bonds is 9. The van der Waals surface area contributed by atoms with Crippen molar-refractivity contribution in [1.29, 1.82) is 0 Å². The van der Waals surface area contributed by atoms with Crippen LogP contribution in [0.4, 0.5) is 0 Å². The van der Waals surface area contributed by atoms with Gasteiger partial charge in [-0.15, -0.1) is 0 Å². The molecule has 1 aromatic carbocycles. The van der Waals surface area contributed by atoms with Gasteiger partial charge in [0, 0.05) is 25.2 Å². The van der Waals surface area contributed by atoms with E-state index in [0.717, 1.165) is 19.4 Å². The van der Waals surface area contributed by atoms with Crippen molar-refractivity contribution in [1.82, 2.24) is 10.6 Å². The summed E-state index contributed by atoms with van der Waals surface area (Å²) in [5, 5.41) is 16.8. The summed E-state index contributed by atoms with van der Waals surface area (Å²) >= 11 is 0. The second kappa shape index (κ2) is 8.81. The van der Waals surface area contributed by atoms with Gasteiger partial charge >= 0.3 is 0 Å². The van der Waals surface area contributed by atoms with Crippen LogP contribution in [0.25, 0.3) is 0 Å². The van der Waals surface area contributed by atoms with Crippen LogP contribution < -0.4 is 10.6 Å². The molecule has 0 aromatic heterocycles. The zero-order chi connectivity index (χ0) is 17.5. The van der Waals surface area contributed by atoms with E-state index in [0.29, 0.717) is 18.5 Å². The molecular formula is C20H36N2O. The number of nitrogens with one attached hydrogen (secondary N) is 2. The third-order valence-corrected chi connectivity index (χ3v) is 4.14. The smallest absolute Gasteiger partial charge is 0.0789 e. The minimum atomic E-state index is -0.362. The Morgan fingerprint density at radius 2 is 1.70 bits per heavy atom. The number of hydrogen-bond donors (Lipinski definition) is 3. The van der Waals surface area contributed by atoms with Gasteiger partial charge in [-0.3, -0.25) is 0 Å². The minimum absolute atomic E-state index is 0.0856. The SMILES string of the molecule is CCC(C)(C)NCC(O)CNCc1cccc(CC(C)(C)C)c1. The lowest BCUT2D eigenvalue weighted by atomic mass is 9.88. The summed E-state index contributed by atoms with van der Waals surface area (Å²) in [7, 11) is 0. The summed E-state index contributed by atoms with van der Waals surface area (Å²) in [5.74, 6) is 0. The van der Waals surface area contributed by atoms with E-state index in [1.807, 2.05) is 0 Å². The molecule has 0 amide bonds. The Balaban J connectivity index is 2.37. The first kappa shape index (κ1) is 20.1. The maximum Gasteiger partial charge on any atom is 0.0789 e. The molecule has 0 spiro atoms. The van der Waals surface area contributed by atoms with Crippen molar-refractivity contribution in [2.75, 3.05) is 13.1 Å². The summed E-state index contributed by atoms with van der Waals surface area (Å²) in [4.78, 5) is 0. The Hall–Kier alpha value is -0.900. The fourth-order valence-corrected chi connectivity index (χ4v) is 2.44. The zero-order valence-corrected chi connectivity index (χ0v) is 15.9. The number of benzene rings is 1. The molecule has 1 atom stereocenters. The van der Waals surface area contributed by atoms with Gasteiger partial charge < -0.3 is 15.7 Å².